The van der Waals surface area contributed by atoms with E-state index in [2.05, 4.69) is 21.2 Å². The molecule has 1 aliphatic heterocycles. The highest BCUT2D eigenvalue weighted by molar-refractivity contribution is 9.10. The molecule has 114 valence electrons. The maximum atomic E-state index is 11.8. The lowest BCUT2D eigenvalue weighted by molar-refractivity contribution is -0.128. The van der Waals surface area contributed by atoms with Gasteiger partial charge in [0.1, 0.15) is 0 Å². The molecule has 2 rings (SSSR count). The minimum absolute atomic E-state index is 0.0873. The number of nitrogens with zero attached hydrogens (tertiary/aromatic N) is 1. The van der Waals surface area contributed by atoms with Crippen molar-refractivity contribution in [2.24, 2.45) is 5.73 Å². The Bertz CT molecular complexity index is 521. The zero-order valence-electron chi connectivity index (χ0n) is 11.7. The Kier molecular flexibility index (Phi) is 5.33. The summed E-state index contributed by atoms with van der Waals surface area (Å²) in [6.07, 6.45) is -0.0873. The Hall–Kier alpha value is -1.44. The van der Waals surface area contributed by atoms with Crippen LogP contribution in [0.1, 0.15) is 18.6 Å². The van der Waals surface area contributed by atoms with Gasteiger partial charge in [-0.1, -0.05) is 28.1 Å². The standard InChI is InChI=1S/C14H18BrN3O3/c1-9(13(19)17-14(16)20)18-6-7-21-12(8-18)10-2-4-11(15)5-3-10/h2-5,9,12H,6-8H2,1H3,(H3,16,17,19,20)/t9-,12+/m0/s1. The van der Waals surface area contributed by atoms with E-state index in [0.29, 0.717) is 19.7 Å². The summed E-state index contributed by atoms with van der Waals surface area (Å²) in [5, 5.41) is 2.11. The molecule has 0 radical (unpaired) electrons. The van der Waals surface area contributed by atoms with Crippen molar-refractivity contribution in [3.8, 4) is 0 Å². The van der Waals surface area contributed by atoms with Gasteiger partial charge in [0.15, 0.2) is 0 Å². The van der Waals surface area contributed by atoms with Crippen molar-refractivity contribution >= 4 is 27.9 Å². The van der Waals surface area contributed by atoms with Gasteiger partial charge < -0.3 is 10.5 Å². The number of halogens is 1. The number of ether oxygens (including phenoxy) is 1. The predicted octanol–water partition coefficient (Wildman–Crippen LogP) is 1.41. The topological polar surface area (TPSA) is 84.7 Å². The SMILES string of the molecule is C[C@@H](C(=O)NC(N)=O)N1CCO[C@@H](c2ccc(Br)cc2)C1. The predicted molar refractivity (Wildman–Crippen MR) is 81.6 cm³/mol. The Labute approximate surface area is 131 Å². The van der Waals surface area contributed by atoms with Gasteiger partial charge in [-0.2, -0.15) is 0 Å². The molecule has 0 aliphatic carbocycles. The molecule has 1 aromatic rings. The molecule has 1 heterocycles. The van der Waals surface area contributed by atoms with Gasteiger partial charge in [-0.25, -0.2) is 4.79 Å². The number of imide groups is 1. The van der Waals surface area contributed by atoms with E-state index in [1.54, 1.807) is 6.92 Å². The highest BCUT2D eigenvalue weighted by Crippen LogP contribution is 2.24. The van der Waals surface area contributed by atoms with Gasteiger partial charge in [-0.15, -0.1) is 0 Å². The number of amides is 3. The lowest BCUT2D eigenvalue weighted by atomic mass is 10.1. The van der Waals surface area contributed by atoms with Crippen molar-refractivity contribution in [3.63, 3.8) is 0 Å². The maximum Gasteiger partial charge on any atom is 0.318 e. The number of carbonyl (C=O) groups excluding carboxylic acids is 2. The molecular formula is C14H18BrN3O3. The highest BCUT2D eigenvalue weighted by Gasteiger charge is 2.29. The fraction of sp³-hybridized carbons (Fsp3) is 0.429. The third-order valence-corrected chi connectivity index (χ3v) is 4.04. The van der Waals surface area contributed by atoms with E-state index < -0.39 is 12.1 Å². The minimum Gasteiger partial charge on any atom is -0.371 e. The summed E-state index contributed by atoms with van der Waals surface area (Å²) in [6.45, 7) is 3.52. The van der Waals surface area contributed by atoms with E-state index >= 15 is 0 Å². The Morgan fingerprint density at radius 2 is 2.10 bits per heavy atom. The molecule has 3 amide bonds. The summed E-state index contributed by atoms with van der Waals surface area (Å²) < 4.78 is 6.77. The molecule has 21 heavy (non-hydrogen) atoms. The quantitative estimate of drug-likeness (QED) is 0.858. The molecule has 0 unspecified atom stereocenters. The first-order chi connectivity index (χ1) is 9.97. The van der Waals surface area contributed by atoms with Crippen LogP contribution in [-0.4, -0.2) is 42.6 Å². The number of carbonyl (C=O) groups is 2. The summed E-state index contributed by atoms with van der Waals surface area (Å²) in [7, 11) is 0. The van der Waals surface area contributed by atoms with Crippen LogP contribution in [0.2, 0.25) is 0 Å². The van der Waals surface area contributed by atoms with Crippen LogP contribution in [0.25, 0.3) is 0 Å². The van der Waals surface area contributed by atoms with Crippen molar-refractivity contribution in [3.05, 3.63) is 34.3 Å². The van der Waals surface area contributed by atoms with Crippen LogP contribution < -0.4 is 11.1 Å². The second-order valence-corrected chi connectivity index (χ2v) is 5.85. The highest BCUT2D eigenvalue weighted by atomic mass is 79.9. The van der Waals surface area contributed by atoms with Crippen molar-refractivity contribution < 1.29 is 14.3 Å². The van der Waals surface area contributed by atoms with E-state index in [4.69, 9.17) is 10.5 Å². The van der Waals surface area contributed by atoms with Crippen LogP contribution in [0.15, 0.2) is 28.7 Å². The summed E-state index contributed by atoms with van der Waals surface area (Å²) in [5.41, 5.74) is 6.04. The lowest BCUT2D eigenvalue weighted by Gasteiger charge is -2.36. The number of rotatable bonds is 3. The number of hydrogen-bond acceptors (Lipinski definition) is 4. The van der Waals surface area contributed by atoms with Crippen molar-refractivity contribution in [1.29, 1.82) is 0 Å². The summed E-state index contributed by atoms with van der Waals surface area (Å²) in [6, 6.07) is 6.64. The fourth-order valence-electron chi connectivity index (χ4n) is 2.29. The largest absolute Gasteiger partial charge is 0.371 e. The zero-order chi connectivity index (χ0) is 15.4. The normalized spacial score (nSPS) is 20.8. The third-order valence-electron chi connectivity index (χ3n) is 3.51. The summed E-state index contributed by atoms with van der Waals surface area (Å²) in [4.78, 5) is 24.6. The second kappa shape index (κ2) is 7.02. The average Bonchev–Trinajstić information content (AvgIpc) is 2.46. The van der Waals surface area contributed by atoms with E-state index in [1.165, 1.54) is 0 Å². The molecular weight excluding hydrogens is 338 g/mol. The van der Waals surface area contributed by atoms with Gasteiger partial charge in [0.2, 0.25) is 5.91 Å². The molecule has 0 aromatic heterocycles. The zero-order valence-corrected chi connectivity index (χ0v) is 13.3. The van der Waals surface area contributed by atoms with Crippen molar-refractivity contribution in [1.82, 2.24) is 10.2 Å². The van der Waals surface area contributed by atoms with E-state index in [9.17, 15) is 9.59 Å². The molecule has 6 nitrogen and oxygen atoms in total. The molecule has 1 aromatic carbocycles. The van der Waals surface area contributed by atoms with Crippen molar-refractivity contribution in [2.45, 2.75) is 19.1 Å². The summed E-state index contributed by atoms with van der Waals surface area (Å²) >= 11 is 3.40. The third kappa shape index (κ3) is 4.26. The molecule has 1 saturated heterocycles. The molecule has 0 spiro atoms. The van der Waals surface area contributed by atoms with Crippen LogP contribution in [0.4, 0.5) is 4.79 Å². The van der Waals surface area contributed by atoms with Gasteiger partial charge >= 0.3 is 6.03 Å². The van der Waals surface area contributed by atoms with Crippen LogP contribution in [0, 0.1) is 0 Å². The number of morpholine rings is 1. The first-order valence-electron chi connectivity index (χ1n) is 6.69. The number of urea groups is 1. The van der Waals surface area contributed by atoms with Gasteiger partial charge in [0.25, 0.3) is 0 Å². The first-order valence-corrected chi connectivity index (χ1v) is 7.48. The van der Waals surface area contributed by atoms with Crippen molar-refractivity contribution in [2.75, 3.05) is 19.7 Å². The van der Waals surface area contributed by atoms with E-state index in [0.717, 1.165) is 10.0 Å². The Balaban J connectivity index is 2.01. The molecule has 0 bridgehead atoms. The molecule has 2 atom stereocenters. The molecule has 3 N–H and O–H groups in total. The average molecular weight is 356 g/mol. The van der Waals surface area contributed by atoms with Crippen LogP contribution in [0.5, 0.6) is 0 Å². The van der Waals surface area contributed by atoms with Crippen LogP contribution in [0.3, 0.4) is 0 Å². The van der Waals surface area contributed by atoms with Crippen LogP contribution >= 0.6 is 15.9 Å². The lowest BCUT2D eigenvalue weighted by Crippen LogP contribution is -2.52. The number of primary amides is 1. The molecule has 7 heteroatoms. The van der Waals surface area contributed by atoms with Crippen LogP contribution in [-0.2, 0) is 9.53 Å². The molecule has 1 fully saturated rings. The fourth-order valence-corrected chi connectivity index (χ4v) is 2.56. The van der Waals surface area contributed by atoms with Gasteiger partial charge in [0.05, 0.1) is 18.8 Å². The number of benzene rings is 1. The first kappa shape index (κ1) is 15.9. The maximum absolute atomic E-state index is 11.8. The second-order valence-electron chi connectivity index (χ2n) is 4.94. The van der Waals surface area contributed by atoms with E-state index in [-0.39, 0.29) is 12.0 Å². The number of nitrogens with one attached hydrogen (secondary N) is 1. The van der Waals surface area contributed by atoms with Gasteiger partial charge in [-0.3, -0.25) is 15.0 Å². The number of hydrogen-bond donors (Lipinski definition) is 2. The monoisotopic (exact) mass is 355 g/mol. The summed E-state index contributed by atoms with van der Waals surface area (Å²) in [5.74, 6) is -0.390. The Morgan fingerprint density at radius 1 is 1.43 bits per heavy atom. The smallest absolute Gasteiger partial charge is 0.318 e. The van der Waals surface area contributed by atoms with E-state index in [1.807, 2.05) is 29.2 Å². The Morgan fingerprint density at radius 3 is 2.71 bits per heavy atom. The van der Waals surface area contributed by atoms with Gasteiger partial charge in [-0.05, 0) is 24.6 Å². The molecule has 1 aliphatic rings. The number of nitrogens with two attached hydrogens (primary N) is 1. The molecule has 0 saturated carbocycles. The minimum atomic E-state index is -0.829. The van der Waals surface area contributed by atoms with Gasteiger partial charge in [0, 0.05) is 17.6 Å².